The second kappa shape index (κ2) is 5.39. The minimum absolute atomic E-state index is 0.785. The normalized spacial score (nSPS) is 24.6. The molecule has 1 saturated carbocycles. The maximum Gasteiger partial charge on any atom is 0.127 e. The fourth-order valence-electron chi connectivity index (χ4n) is 2.57. The first-order valence-corrected chi connectivity index (χ1v) is 6.63. The average molecular weight is 233 g/mol. The summed E-state index contributed by atoms with van der Waals surface area (Å²) in [5, 5.41) is 3.42. The number of aromatic nitrogens is 1. The molecule has 1 fully saturated rings. The van der Waals surface area contributed by atoms with Crippen LogP contribution in [-0.4, -0.2) is 11.5 Å². The summed E-state index contributed by atoms with van der Waals surface area (Å²) in [6.07, 6.45) is 7.32. The number of nitrogen functional groups attached to an aromatic ring is 1. The molecule has 0 bridgehead atoms. The molecule has 3 heteroatoms. The van der Waals surface area contributed by atoms with Crippen LogP contribution in [0.4, 0.5) is 11.5 Å². The predicted molar refractivity (Wildman–Crippen MR) is 73.0 cm³/mol. The van der Waals surface area contributed by atoms with Crippen molar-refractivity contribution < 1.29 is 0 Å². The zero-order valence-corrected chi connectivity index (χ0v) is 10.9. The van der Waals surface area contributed by atoms with E-state index in [1.165, 1.54) is 25.7 Å². The Kier molecular flexibility index (Phi) is 3.87. The van der Waals surface area contributed by atoms with E-state index in [4.69, 9.17) is 5.73 Å². The molecule has 0 saturated heterocycles. The maximum absolute atomic E-state index is 5.88. The SMILES string of the molecule is Cc1cnc(NCC2CCCCC2C)cc1N. The Balaban J connectivity index is 1.90. The molecule has 1 aromatic heterocycles. The van der Waals surface area contributed by atoms with E-state index in [0.717, 1.165) is 35.4 Å². The lowest BCUT2D eigenvalue weighted by Crippen LogP contribution is -2.24. The molecule has 0 amide bonds. The number of nitrogens with zero attached hydrogens (tertiary/aromatic N) is 1. The highest BCUT2D eigenvalue weighted by atomic mass is 15.0. The summed E-state index contributed by atoms with van der Waals surface area (Å²) in [6.45, 7) is 5.37. The molecule has 1 aromatic rings. The molecule has 94 valence electrons. The lowest BCUT2D eigenvalue weighted by Gasteiger charge is -2.29. The summed E-state index contributed by atoms with van der Waals surface area (Å²) in [5.41, 5.74) is 7.74. The molecule has 0 radical (unpaired) electrons. The van der Waals surface area contributed by atoms with Crippen LogP contribution in [0.25, 0.3) is 0 Å². The van der Waals surface area contributed by atoms with Gasteiger partial charge < -0.3 is 11.1 Å². The molecule has 2 rings (SSSR count). The lowest BCUT2D eigenvalue weighted by molar-refractivity contribution is 0.268. The minimum Gasteiger partial charge on any atom is -0.398 e. The number of anilines is 2. The van der Waals surface area contributed by atoms with E-state index >= 15 is 0 Å². The Labute approximate surface area is 104 Å². The van der Waals surface area contributed by atoms with Crippen LogP contribution in [0.5, 0.6) is 0 Å². The quantitative estimate of drug-likeness (QED) is 0.843. The number of pyridine rings is 1. The molecule has 2 unspecified atom stereocenters. The highest BCUT2D eigenvalue weighted by Gasteiger charge is 2.20. The molecule has 1 aliphatic carbocycles. The third-order valence-corrected chi connectivity index (χ3v) is 3.98. The third kappa shape index (κ3) is 3.11. The zero-order valence-electron chi connectivity index (χ0n) is 10.9. The van der Waals surface area contributed by atoms with E-state index in [1.54, 1.807) is 0 Å². The minimum atomic E-state index is 0.785. The van der Waals surface area contributed by atoms with Gasteiger partial charge in [-0.1, -0.05) is 26.2 Å². The van der Waals surface area contributed by atoms with Gasteiger partial charge in [0.15, 0.2) is 0 Å². The molecule has 3 nitrogen and oxygen atoms in total. The van der Waals surface area contributed by atoms with Crippen LogP contribution in [0.15, 0.2) is 12.3 Å². The summed E-state index contributed by atoms with van der Waals surface area (Å²) < 4.78 is 0. The number of hydrogen-bond donors (Lipinski definition) is 2. The molecule has 17 heavy (non-hydrogen) atoms. The summed E-state index contributed by atoms with van der Waals surface area (Å²) in [6, 6.07) is 1.93. The molecule has 0 aromatic carbocycles. The number of aryl methyl sites for hydroxylation is 1. The Morgan fingerprint density at radius 1 is 1.41 bits per heavy atom. The van der Waals surface area contributed by atoms with Crippen LogP contribution in [0.2, 0.25) is 0 Å². The Hall–Kier alpha value is -1.25. The van der Waals surface area contributed by atoms with Gasteiger partial charge in [-0.25, -0.2) is 4.98 Å². The molecule has 2 atom stereocenters. The van der Waals surface area contributed by atoms with Gasteiger partial charge in [-0.2, -0.15) is 0 Å². The van der Waals surface area contributed by atoms with Crippen LogP contribution < -0.4 is 11.1 Å². The zero-order chi connectivity index (χ0) is 12.3. The maximum atomic E-state index is 5.88. The molecular weight excluding hydrogens is 210 g/mol. The van der Waals surface area contributed by atoms with Gasteiger partial charge in [-0.15, -0.1) is 0 Å². The third-order valence-electron chi connectivity index (χ3n) is 3.98. The summed E-state index contributed by atoms with van der Waals surface area (Å²) in [5.74, 6) is 2.53. The second-order valence-corrected chi connectivity index (χ2v) is 5.33. The first-order valence-electron chi connectivity index (χ1n) is 6.63. The van der Waals surface area contributed by atoms with Crippen molar-refractivity contribution in [2.45, 2.75) is 39.5 Å². The van der Waals surface area contributed by atoms with E-state index in [1.807, 2.05) is 19.2 Å². The monoisotopic (exact) mass is 233 g/mol. The van der Waals surface area contributed by atoms with Gasteiger partial charge in [-0.3, -0.25) is 0 Å². The first kappa shape index (κ1) is 12.2. The van der Waals surface area contributed by atoms with E-state index in [9.17, 15) is 0 Å². The van der Waals surface area contributed by atoms with Crippen LogP contribution in [0, 0.1) is 18.8 Å². The van der Waals surface area contributed by atoms with Gasteiger partial charge in [-0.05, 0) is 30.7 Å². The number of hydrogen-bond acceptors (Lipinski definition) is 3. The van der Waals surface area contributed by atoms with Crippen LogP contribution in [-0.2, 0) is 0 Å². The van der Waals surface area contributed by atoms with Gasteiger partial charge in [0, 0.05) is 24.5 Å². The summed E-state index contributed by atoms with van der Waals surface area (Å²) in [4.78, 5) is 4.36. The van der Waals surface area contributed by atoms with Crippen molar-refractivity contribution in [1.29, 1.82) is 0 Å². The second-order valence-electron chi connectivity index (χ2n) is 5.33. The average Bonchev–Trinajstić information content (AvgIpc) is 2.32. The molecule has 3 N–H and O–H groups in total. The Morgan fingerprint density at radius 2 is 2.18 bits per heavy atom. The first-order chi connectivity index (χ1) is 8.16. The van der Waals surface area contributed by atoms with Gasteiger partial charge >= 0.3 is 0 Å². The van der Waals surface area contributed by atoms with E-state index in [2.05, 4.69) is 17.2 Å². The molecule has 1 aliphatic rings. The van der Waals surface area contributed by atoms with Gasteiger partial charge in [0.05, 0.1) is 0 Å². The van der Waals surface area contributed by atoms with Crippen LogP contribution in [0.1, 0.15) is 38.2 Å². The molecule has 0 aliphatic heterocycles. The van der Waals surface area contributed by atoms with Crippen LogP contribution in [0.3, 0.4) is 0 Å². The van der Waals surface area contributed by atoms with E-state index < -0.39 is 0 Å². The summed E-state index contributed by atoms with van der Waals surface area (Å²) in [7, 11) is 0. The van der Waals surface area contributed by atoms with Crippen molar-refractivity contribution in [3.05, 3.63) is 17.8 Å². The largest absolute Gasteiger partial charge is 0.398 e. The van der Waals surface area contributed by atoms with Crippen molar-refractivity contribution in [3.8, 4) is 0 Å². The fourth-order valence-corrected chi connectivity index (χ4v) is 2.57. The highest BCUT2D eigenvalue weighted by molar-refractivity contribution is 5.53. The number of nitrogens with two attached hydrogens (primary N) is 1. The Morgan fingerprint density at radius 3 is 2.88 bits per heavy atom. The smallest absolute Gasteiger partial charge is 0.127 e. The standard InChI is InChI=1S/C14H23N3/c1-10-5-3-4-6-12(10)9-17-14-7-13(15)11(2)8-16-14/h7-8,10,12H,3-6,9H2,1-2H3,(H3,15,16,17). The van der Waals surface area contributed by atoms with Crippen molar-refractivity contribution in [2.24, 2.45) is 11.8 Å². The van der Waals surface area contributed by atoms with E-state index in [0.29, 0.717) is 0 Å². The van der Waals surface area contributed by atoms with Gasteiger partial charge in [0.2, 0.25) is 0 Å². The van der Waals surface area contributed by atoms with Crippen molar-refractivity contribution in [2.75, 3.05) is 17.6 Å². The topological polar surface area (TPSA) is 50.9 Å². The lowest BCUT2D eigenvalue weighted by atomic mass is 9.80. The Bertz CT molecular complexity index is 376. The number of nitrogens with one attached hydrogen (secondary N) is 1. The summed E-state index contributed by atoms with van der Waals surface area (Å²) >= 11 is 0. The van der Waals surface area contributed by atoms with Gasteiger partial charge in [0.1, 0.15) is 5.82 Å². The predicted octanol–water partition coefficient (Wildman–Crippen LogP) is 3.21. The fraction of sp³-hybridized carbons (Fsp3) is 0.643. The van der Waals surface area contributed by atoms with Crippen molar-refractivity contribution >= 4 is 11.5 Å². The van der Waals surface area contributed by atoms with Crippen LogP contribution >= 0.6 is 0 Å². The van der Waals surface area contributed by atoms with Crippen molar-refractivity contribution in [1.82, 2.24) is 4.98 Å². The van der Waals surface area contributed by atoms with Gasteiger partial charge in [0.25, 0.3) is 0 Å². The van der Waals surface area contributed by atoms with E-state index in [-0.39, 0.29) is 0 Å². The molecule has 0 spiro atoms. The molecule has 1 heterocycles. The van der Waals surface area contributed by atoms with Crippen molar-refractivity contribution in [3.63, 3.8) is 0 Å². The highest BCUT2D eigenvalue weighted by Crippen LogP contribution is 2.29. The molecular formula is C14H23N3. The number of rotatable bonds is 3.